The first kappa shape index (κ1) is 13.6. The highest BCUT2D eigenvalue weighted by Gasteiger charge is 2.01. The van der Waals surface area contributed by atoms with E-state index >= 15 is 0 Å². The fourth-order valence-electron chi connectivity index (χ4n) is 1.98. The van der Waals surface area contributed by atoms with Gasteiger partial charge in [-0.25, -0.2) is 0 Å². The van der Waals surface area contributed by atoms with Gasteiger partial charge in [-0.2, -0.15) is 0 Å². The van der Waals surface area contributed by atoms with E-state index in [1.165, 1.54) is 11.1 Å². The second-order valence-corrected chi connectivity index (χ2v) is 5.03. The molecule has 2 heteroatoms. The van der Waals surface area contributed by atoms with Gasteiger partial charge in [0.05, 0.1) is 6.61 Å². The van der Waals surface area contributed by atoms with E-state index in [1.807, 2.05) is 18.5 Å². The van der Waals surface area contributed by atoms with E-state index in [9.17, 15) is 0 Å². The molecule has 0 aliphatic rings. The summed E-state index contributed by atoms with van der Waals surface area (Å²) < 4.78 is 5.80. The smallest absolute Gasteiger partial charge is 0.119 e. The van der Waals surface area contributed by atoms with Crippen LogP contribution in [0.3, 0.4) is 0 Å². The molecule has 19 heavy (non-hydrogen) atoms. The van der Waals surface area contributed by atoms with E-state index in [2.05, 4.69) is 49.2 Å². The summed E-state index contributed by atoms with van der Waals surface area (Å²) in [6.07, 6.45) is 5.73. The number of rotatable bonds is 6. The van der Waals surface area contributed by atoms with Crippen LogP contribution in [0.4, 0.5) is 0 Å². The summed E-state index contributed by atoms with van der Waals surface area (Å²) >= 11 is 0. The molecule has 0 aliphatic heterocycles. The lowest BCUT2D eigenvalue weighted by molar-refractivity contribution is 0.310. The highest BCUT2D eigenvalue weighted by atomic mass is 16.5. The number of aryl methyl sites for hydroxylation is 1. The van der Waals surface area contributed by atoms with Gasteiger partial charge in [0, 0.05) is 12.4 Å². The van der Waals surface area contributed by atoms with Crippen molar-refractivity contribution in [2.75, 3.05) is 6.61 Å². The number of benzene rings is 1. The van der Waals surface area contributed by atoms with Crippen molar-refractivity contribution in [1.29, 1.82) is 0 Å². The summed E-state index contributed by atoms with van der Waals surface area (Å²) in [5.41, 5.74) is 2.64. The molecule has 0 amide bonds. The van der Waals surface area contributed by atoms with E-state index in [-0.39, 0.29) is 0 Å². The number of aromatic nitrogens is 1. The largest absolute Gasteiger partial charge is 0.494 e. The molecule has 0 fully saturated rings. The van der Waals surface area contributed by atoms with Gasteiger partial charge in [0.25, 0.3) is 0 Å². The van der Waals surface area contributed by atoms with E-state index in [1.54, 1.807) is 0 Å². The zero-order valence-corrected chi connectivity index (χ0v) is 11.7. The SMILES string of the molecule is CC(C)c1cccc(OCCCc2ccncc2)c1. The van der Waals surface area contributed by atoms with Crippen LogP contribution in [0.2, 0.25) is 0 Å². The number of hydrogen-bond acceptors (Lipinski definition) is 2. The summed E-state index contributed by atoms with van der Waals surface area (Å²) in [6.45, 7) is 5.15. The second kappa shape index (κ2) is 6.93. The predicted molar refractivity (Wildman–Crippen MR) is 78.6 cm³/mol. The van der Waals surface area contributed by atoms with Crippen molar-refractivity contribution >= 4 is 0 Å². The van der Waals surface area contributed by atoms with Crippen molar-refractivity contribution in [2.45, 2.75) is 32.6 Å². The molecule has 0 spiro atoms. The Labute approximate surface area is 115 Å². The van der Waals surface area contributed by atoms with Gasteiger partial charge in [0.15, 0.2) is 0 Å². The van der Waals surface area contributed by atoms with E-state index in [4.69, 9.17) is 4.74 Å². The lowest BCUT2D eigenvalue weighted by atomic mass is 10.0. The number of nitrogens with zero attached hydrogens (tertiary/aromatic N) is 1. The number of ether oxygens (including phenoxy) is 1. The Morgan fingerprint density at radius 1 is 1.11 bits per heavy atom. The van der Waals surface area contributed by atoms with Crippen molar-refractivity contribution < 1.29 is 4.74 Å². The molecule has 100 valence electrons. The molecule has 0 unspecified atom stereocenters. The molecule has 0 atom stereocenters. The lowest BCUT2D eigenvalue weighted by Gasteiger charge is -2.10. The molecule has 0 saturated carbocycles. The Kier molecular flexibility index (Phi) is 4.96. The summed E-state index contributed by atoms with van der Waals surface area (Å²) in [6, 6.07) is 12.5. The van der Waals surface area contributed by atoms with Gasteiger partial charge in [-0.15, -0.1) is 0 Å². The normalized spacial score (nSPS) is 10.7. The summed E-state index contributed by atoms with van der Waals surface area (Å²) in [5.74, 6) is 1.52. The molecule has 0 aliphatic carbocycles. The van der Waals surface area contributed by atoms with Crippen molar-refractivity contribution in [3.05, 3.63) is 59.9 Å². The lowest BCUT2D eigenvalue weighted by Crippen LogP contribution is -2.00. The third kappa shape index (κ3) is 4.40. The van der Waals surface area contributed by atoms with Crippen LogP contribution < -0.4 is 4.74 Å². The Balaban J connectivity index is 1.78. The highest BCUT2D eigenvalue weighted by Crippen LogP contribution is 2.20. The minimum atomic E-state index is 0.542. The van der Waals surface area contributed by atoms with Gasteiger partial charge in [0.1, 0.15) is 5.75 Å². The summed E-state index contributed by atoms with van der Waals surface area (Å²) in [7, 11) is 0. The van der Waals surface area contributed by atoms with Gasteiger partial charge in [0.2, 0.25) is 0 Å². The monoisotopic (exact) mass is 255 g/mol. The van der Waals surface area contributed by atoms with Crippen LogP contribution >= 0.6 is 0 Å². The van der Waals surface area contributed by atoms with E-state index < -0.39 is 0 Å². The predicted octanol–water partition coefficient (Wildman–Crippen LogP) is 4.22. The molecule has 2 aromatic rings. The Morgan fingerprint density at radius 3 is 2.63 bits per heavy atom. The van der Waals surface area contributed by atoms with Gasteiger partial charge in [-0.3, -0.25) is 4.98 Å². The maximum atomic E-state index is 5.80. The minimum Gasteiger partial charge on any atom is -0.494 e. The Morgan fingerprint density at radius 2 is 1.89 bits per heavy atom. The molecule has 1 aromatic heterocycles. The zero-order chi connectivity index (χ0) is 13.5. The van der Waals surface area contributed by atoms with Crippen LogP contribution in [0, 0.1) is 0 Å². The highest BCUT2D eigenvalue weighted by molar-refractivity contribution is 5.30. The average Bonchev–Trinajstić information content (AvgIpc) is 2.45. The molecular formula is C17H21NO. The average molecular weight is 255 g/mol. The molecule has 0 bridgehead atoms. The molecule has 0 N–H and O–H groups in total. The van der Waals surface area contributed by atoms with Gasteiger partial charge in [-0.05, 0) is 54.2 Å². The fourth-order valence-corrected chi connectivity index (χ4v) is 1.98. The van der Waals surface area contributed by atoms with Crippen LogP contribution in [0.1, 0.15) is 37.3 Å². The number of hydrogen-bond donors (Lipinski definition) is 0. The molecule has 2 nitrogen and oxygen atoms in total. The minimum absolute atomic E-state index is 0.542. The Bertz CT molecular complexity index is 494. The van der Waals surface area contributed by atoms with E-state index in [0.717, 1.165) is 25.2 Å². The van der Waals surface area contributed by atoms with Crippen LogP contribution in [0.25, 0.3) is 0 Å². The first-order chi connectivity index (χ1) is 9.25. The number of pyridine rings is 1. The molecule has 0 radical (unpaired) electrons. The maximum Gasteiger partial charge on any atom is 0.119 e. The van der Waals surface area contributed by atoms with Crippen molar-refractivity contribution in [3.8, 4) is 5.75 Å². The maximum absolute atomic E-state index is 5.80. The topological polar surface area (TPSA) is 22.1 Å². The second-order valence-electron chi connectivity index (χ2n) is 5.03. The first-order valence-electron chi connectivity index (χ1n) is 6.87. The first-order valence-corrected chi connectivity index (χ1v) is 6.87. The van der Waals surface area contributed by atoms with Crippen molar-refractivity contribution in [2.24, 2.45) is 0 Å². The molecule has 1 heterocycles. The Hall–Kier alpha value is -1.83. The van der Waals surface area contributed by atoms with Crippen molar-refractivity contribution in [3.63, 3.8) is 0 Å². The zero-order valence-electron chi connectivity index (χ0n) is 11.7. The van der Waals surface area contributed by atoms with Crippen LogP contribution in [-0.2, 0) is 6.42 Å². The molecule has 1 aromatic carbocycles. The van der Waals surface area contributed by atoms with Gasteiger partial charge in [-0.1, -0.05) is 26.0 Å². The molecule has 0 saturated heterocycles. The third-order valence-electron chi connectivity index (χ3n) is 3.15. The molecular weight excluding hydrogens is 234 g/mol. The standard InChI is InChI=1S/C17H21NO/c1-14(2)16-6-3-7-17(13-16)19-12-4-5-15-8-10-18-11-9-15/h3,6-11,13-14H,4-5,12H2,1-2H3. The van der Waals surface area contributed by atoms with Gasteiger partial charge >= 0.3 is 0 Å². The van der Waals surface area contributed by atoms with Gasteiger partial charge < -0.3 is 4.74 Å². The van der Waals surface area contributed by atoms with E-state index in [0.29, 0.717) is 5.92 Å². The summed E-state index contributed by atoms with van der Waals surface area (Å²) in [5, 5.41) is 0. The van der Waals surface area contributed by atoms with Crippen molar-refractivity contribution in [1.82, 2.24) is 4.98 Å². The van der Waals surface area contributed by atoms with Crippen LogP contribution in [0.15, 0.2) is 48.8 Å². The van der Waals surface area contributed by atoms with Crippen LogP contribution in [0.5, 0.6) is 5.75 Å². The third-order valence-corrected chi connectivity index (χ3v) is 3.15. The fraction of sp³-hybridized carbons (Fsp3) is 0.353. The molecule has 2 rings (SSSR count). The quantitative estimate of drug-likeness (QED) is 0.721. The van der Waals surface area contributed by atoms with Crippen LogP contribution in [-0.4, -0.2) is 11.6 Å². The summed E-state index contributed by atoms with van der Waals surface area (Å²) in [4.78, 5) is 4.02.